The van der Waals surface area contributed by atoms with E-state index in [9.17, 15) is 0 Å². The van der Waals surface area contributed by atoms with Crippen molar-refractivity contribution in [1.82, 2.24) is 0 Å². The van der Waals surface area contributed by atoms with Crippen LogP contribution in [0.1, 0.15) is 77.0 Å². The Morgan fingerprint density at radius 3 is 1.80 bits per heavy atom. The first-order valence-corrected chi connectivity index (χ1v) is 7.92. The molecule has 0 aromatic carbocycles. The van der Waals surface area contributed by atoms with Crippen molar-refractivity contribution in [2.24, 2.45) is 0 Å². The molecule has 0 fully saturated rings. The number of terminal acetylenes is 2. The molecule has 0 aromatic rings. The van der Waals surface area contributed by atoms with Crippen molar-refractivity contribution in [3.05, 3.63) is 12.2 Å². The van der Waals surface area contributed by atoms with E-state index in [1.807, 2.05) is 6.08 Å². The summed E-state index contributed by atoms with van der Waals surface area (Å²) in [6.45, 7) is 0. The molecule has 0 N–H and O–H groups in total. The highest BCUT2D eigenvalue weighted by Gasteiger charge is 1.90. The summed E-state index contributed by atoms with van der Waals surface area (Å²) in [4.78, 5) is 0. The summed E-state index contributed by atoms with van der Waals surface area (Å²) in [5.41, 5.74) is 0. The smallest absolute Gasteiger partial charge is 0.00916 e. The number of allylic oxidation sites excluding steroid dienone is 2. The van der Waals surface area contributed by atoms with Crippen LogP contribution in [-0.2, 0) is 0 Å². The van der Waals surface area contributed by atoms with Gasteiger partial charge < -0.3 is 0 Å². The Balaban J connectivity index is 3.15. The molecule has 0 aliphatic carbocycles. The highest BCUT2D eigenvalue weighted by atomic mass is 14.0. The molecular weight excluding hydrogens is 240 g/mol. The Kier molecular flexibility index (Phi) is 16.0. The molecule has 0 bridgehead atoms. The minimum atomic E-state index is 0.939. The van der Waals surface area contributed by atoms with Crippen LogP contribution in [0.4, 0.5) is 0 Å². The van der Waals surface area contributed by atoms with E-state index in [0.29, 0.717) is 0 Å². The van der Waals surface area contributed by atoms with Crippen molar-refractivity contribution in [3.8, 4) is 36.5 Å². The van der Waals surface area contributed by atoms with Gasteiger partial charge in [-0.1, -0.05) is 44.1 Å². The van der Waals surface area contributed by atoms with Crippen LogP contribution in [-0.4, -0.2) is 0 Å². The summed E-state index contributed by atoms with van der Waals surface area (Å²) < 4.78 is 0. The third-order valence-corrected chi connectivity index (χ3v) is 3.13. The van der Waals surface area contributed by atoms with E-state index in [2.05, 4.69) is 23.7 Å². The summed E-state index contributed by atoms with van der Waals surface area (Å²) in [6, 6.07) is 0. The second-order valence-electron chi connectivity index (χ2n) is 4.99. The van der Waals surface area contributed by atoms with E-state index in [0.717, 1.165) is 32.1 Å². The average molecular weight is 268 g/mol. The van der Waals surface area contributed by atoms with Crippen LogP contribution in [0.2, 0.25) is 0 Å². The van der Waals surface area contributed by atoms with Gasteiger partial charge in [-0.05, 0) is 31.8 Å². The minimum absolute atomic E-state index is 0.939. The lowest BCUT2D eigenvalue weighted by Crippen LogP contribution is -1.80. The monoisotopic (exact) mass is 268 g/mol. The lowest BCUT2D eigenvalue weighted by molar-refractivity contribution is 0.587. The Labute approximate surface area is 126 Å². The van der Waals surface area contributed by atoms with Crippen LogP contribution in [0, 0.1) is 36.5 Å². The van der Waals surface area contributed by atoms with Gasteiger partial charge in [-0.3, -0.25) is 0 Å². The van der Waals surface area contributed by atoms with Crippen LogP contribution in [0.3, 0.4) is 0 Å². The van der Waals surface area contributed by atoms with E-state index in [4.69, 9.17) is 12.8 Å². The summed E-state index contributed by atoms with van der Waals surface area (Å²) in [5.74, 6) is 11.7. The fourth-order valence-electron chi connectivity index (χ4n) is 1.96. The summed E-state index contributed by atoms with van der Waals surface area (Å²) in [6.07, 6.45) is 28.3. The predicted molar refractivity (Wildman–Crippen MR) is 90.0 cm³/mol. The fourth-order valence-corrected chi connectivity index (χ4v) is 1.96. The van der Waals surface area contributed by atoms with Gasteiger partial charge in [0.25, 0.3) is 0 Å². The maximum atomic E-state index is 5.22. The van der Waals surface area contributed by atoms with Crippen LogP contribution < -0.4 is 0 Å². The van der Waals surface area contributed by atoms with Gasteiger partial charge in [-0.15, -0.1) is 30.6 Å². The van der Waals surface area contributed by atoms with Crippen LogP contribution in [0.25, 0.3) is 0 Å². The molecule has 20 heavy (non-hydrogen) atoms. The van der Waals surface area contributed by atoms with Gasteiger partial charge in [0, 0.05) is 19.3 Å². The maximum Gasteiger partial charge on any atom is 0.00916 e. The molecule has 0 amide bonds. The molecule has 0 nitrogen and oxygen atoms in total. The van der Waals surface area contributed by atoms with Crippen molar-refractivity contribution >= 4 is 0 Å². The quantitative estimate of drug-likeness (QED) is 0.343. The zero-order chi connectivity index (χ0) is 14.7. The molecule has 0 radical (unpaired) electrons. The first-order valence-electron chi connectivity index (χ1n) is 7.92. The molecule has 0 saturated carbocycles. The van der Waals surface area contributed by atoms with Gasteiger partial charge in [-0.25, -0.2) is 0 Å². The van der Waals surface area contributed by atoms with Gasteiger partial charge in [0.05, 0.1) is 0 Å². The molecule has 0 aromatic heterocycles. The van der Waals surface area contributed by atoms with E-state index >= 15 is 0 Å². The molecular formula is C20H28. The first-order chi connectivity index (χ1) is 9.91. The molecule has 0 atom stereocenters. The van der Waals surface area contributed by atoms with Gasteiger partial charge in [0.15, 0.2) is 0 Å². The van der Waals surface area contributed by atoms with Gasteiger partial charge in [0.1, 0.15) is 0 Å². The molecule has 0 heteroatoms. The minimum Gasteiger partial charge on any atom is -0.120 e. The highest BCUT2D eigenvalue weighted by Crippen LogP contribution is 2.09. The second kappa shape index (κ2) is 17.4. The van der Waals surface area contributed by atoms with Crippen molar-refractivity contribution in [2.45, 2.75) is 77.0 Å². The van der Waals surface area contributed by atoms with Crippen LogP contribution in [0.15, 0.2) is 12.2 Å². The molecule has 0 aliphatic rings. The van der Waals surface area contributed by atoms with Crippen molar-refractivity contribution in [3.63, 3.8) is 0 Å². The number of hydrogen-bond donors (Lipinski definition) is 0. The Bertz CT molecular complexity index is 362. The number of rotatable bonds is 11. The van der Waals surface area contributed by atoms with E-state index < -0.39 is 0 Å². The second-order valence-corrected chi connectivity index (χ2v) is 4.99. The molecule has 0 saturated heterocycles. The van der Waals surface area contributed by atoms with Crippen molar-refractivity contribution in [2.75, 3.05) is 0 Å². The lowest BCUT2D eigenvalue weighted by atomic mass is 10.1. The maximum absolute atomic E-state index is 5.22. The summed E-state index contributed by atoms with van der Waals surface area (Å²) in [5, 5.41) is 0. The molecule has 0 aliphatic heterocycles. The molecule has 0 spiro atoms. The van der Waals surface area contributed by atoms with Crippen LogP contribution in [0.5, 0.6) is 0 Å². The Morgan fingerprint density at radius 1 is 0.650 bits per heavy atom. The third-order valence-electron chi connectivity index (χ3n) is 3.13. The summed E-state index contributed by atoms with van der Waals surface area (Å²) in [7, 11) is 0. The van der Waals surface area contributed by atoms with E-state index in [1.54, 1.807) is 6.08 Å². The zero-order valence-corrected chi connectivity index (χ0v) is 12.8. The molecule has 0 unspecified atom stereocenters. The number of hydrogen-bond acceptors (Lipinski definition) is 0. The van der Waals surface area contributed by atoms with Crippen molar-refractivity contribution in [1.29, 1.82) is 0 Å². The fraction of sp³-hybridized carbons (Fsp3) is 0.600. The Morgan fingerprint density at radius 2 is 1.20 bits per heavy atom. The van der Waals surface area contributed by atoms with Gasteiger partial charge in [0.2, 0.25) is 0 Å². The lowest BCUT2D eigenvalue weighted by Gasteiger charge is -1.99. The third kappa shape index (κ3) is 16.4. The SMILES string of the molecule is C#C/C=C\CCCC#CCCCCCCCCCC#C. The largest absolute Gasteiger partial charge is 0.120 e. The standard InChI is InChI=1S/C20H28/c1-3-5-7-9-11-13-15-17-19-20-18-16-14-12-10-8-6-4-2/h1-2,5,7H,6,8-14,16,18-20H2/b7-5-. The topological polar surface area (TPSA) is 0 Å². The average Bonchev–Trinajstić information content (AvgIpc) is 2.47. The Hall–Kier alpha value is -1.58. The molecule has 0 heterocycles. The van der Waals surface area contributed by atoms with E-state index in [1.165, 1.54) is 44.9 Å². The first kappa shape index (κ1) is 18.4. The molecule has 0 rings (SSSR count). The van der Waals surface area contributed by atoms with Crippen molar-refractivity contribution < 1.29 is 0 Å². The van der Waals surface area contributed by atoms with E-state index in [-0.39, 0.29) is 0 Å². The van der Waals surface area contributed by atoms with Gasteiger partial charge >= 0.3 is 0 Å². The molecule has 108 valence electrons. The normalized spacial score (nSPS) is 9.70. The van der Waals surface area contributed by atoms with Gasteiger partial charge in [-0.2, -0.15) is 0 Å². The highest BCUT2D eigenvalue weighted by molar-refractivity contribution is 5.08. The zero-order valence-electron chi connectivity index (χ0n) is 12.8. The van der Waals surface area contributed by atoms with Crippen LogP contribution >= 0.6 is 0 Å². The number of unbranched alkanes of at least 4 members (excludes halogenated alkanes) is 10. The summed E-state index contributed by atoms with van der Waals surface area (Å²) >= 11 is 0. The predicted octanol–water partition coefficient (Wildman–Crippen LogP) is 5.49.